The van der Waals surface area contributed by atoms with Gasteiger partial charge in [0.1, 0.15) is 6.07 Å². The van der Waals surface area contributed by atoms with Crippen molar-refractivity contribution >= 4 is 11.4 Å². The highest BCUT2D eigenvalue weighted by Gasteiger charge is 2.26. The van der Waals surface area contributed by atoms with Crippen LogP contribution < -0.4 is 11.1 Å². The SMILES string of the molecule is N#Cc1ccc(NCC2CCCC2CO)cc1N. The van der Waals surface area contributed by atoms with Crippen LogP contribution >= 0.6 is 0 Å². The Balaban J connectivity index is 1.94. The third-order valence-electron chi connectivity index (χ3n) is 3.79. The number of aliphatic hydroxyl groups excluding tert-OH is 1. The van der Waals surface area contributed by atoms with Gasteiger partial charge in [0.25, 0.3) is 0 Å². The lowest BCUT2D eigenvalue weighted by Gasteiger charge is -2.18. The van der Waals surface area contributed by atoms with Crippen LogP contribution in [0.5, 0.6) is 0 Å². The molecule has 1 aliphatic rings. The van der Waals surface area contributed by atoms with Gasteiger partial charge in [-0.1, -0.05) is 6.42 Å². The smallest absolute Gasteiger partial charge is 0.101 e. The maximum absolute atomic E-state index is 9.26. The molecule has 0 amide bonds. The molecule has 1 saturated carbocycles. The van der Waals surface area contributed by atoms with Crippen LogP contribution in [0, 0.1) is 23.2 Å². The zero-order valence-electron chi connectivity index (χ0n) is 10.4. The van der Waals surface area contributed by atoms with Crippen LogP contribution in [0.3, 0.4) is 0 Å². The van der Waals surface area contributed by atoms with E-state index in [1.54, 1.807) is 12.1 Å². The Labute approximate surface area is 107 Å². The van der Waals surface area contributed by atoms with Crippen LogP contribution in [0.1, 0.15) is 24.8 Å². The van der Waals surface area contributed by atoms with Gasteiger partial charge in [-0.3, -0.25) is 0 Å². The lowest BCUT2D eigenvalue weighted by Crippen LogP contribution is -2.20. The largest absolute Gasteiger partial charge is 0.398 e. The van der Waals surface area contributed by atoms with Crippen molar-refractivity contribution in [3.05, 3.63) is 23.8 Å². The Kier molecular flexibility index (Phi) is 4.06. The van der Waals surface area contributed by atoms with E-state index in [4.69, 9.17) is 11.0 Å². The summed E-state index contributed by atoms with van der Waals surface area (Å²) in [5, 5.41) is 21.4. The fourth-order valence-electron chi connectivity index (χ4n) is 2.65. The normalized spacial score (nSPS) is 22.7. The molecule has 1 aromatic carbocycles. The molecule has 0 saturated heterocycles. The maximum atomic E-state index is 9.26. The molecule has 2 rings (SSSR count). The monoisotopic (exact) mass is 245 g/mol. The molecular weight excluding hydrogens is 226 g/mol. The number of hydrogen-bond acceptors (Lipinski definition) is 4. The number of aliphatic hydroxyl groups is 1. The van der Waals surface area contributed by atoms with Crippen molar-refractivity contribution in [3.63, 3.8) is 0 Å². The predicted octanol–water partition coefficient (Wildman–Crippen LogP) is 1.96. The topological polar surface area (TPSA) is 82.1 Å². The third kappa shape index (κ3) is 2.74. The molecule has 0 aromatic heterocycles. The van der Waals surface area contributed by atoms with Gasteiger partial charge >= 0.3 is 0 Å². The molecule has 4 nitrogen and oxygen atoms in total. The first-order valence-corrected chi connectivity index (χ1v) is 6.39. The first-order chi connectivity index (χ1) is 8.74. The highest BCUT2D eigenvalue weighted by atomic mass is 16.3. The summed E-state index contributed by atoms with van der Waals surface area (Å²) in [7, 11) is 0. The van der Waals surface area contributed by atoms with Gasteiger partial charge in [-0.15, -0.1) is 0 Å². The Morgan fingerprint density at radius 2 is 2.17 bits per heavy atom. The van der Waals surface area contributed by atoms with E-state index in [2.05, 4.69) is 11.4 Å². The molecule has 1 fully saturated rings. The molecule has 2 atom stereocenters. The summed E-state index contributed by atoms with van der Waals surface area (Å²) in [4.78, 5) is 0. The molecule has 4 heteroatoms. The van der Waals surface area contributed by atoms with Gasteiger partial charge < -0.3 is 16.2 Å². The summed E-state index contributed by atoms with van der Waals surface area (Å²) in [6, 6.07) is 7.45. The summed E-state index contributed by atoms with van der Waals surface area (Å²) in [6.07, 6.45) is 3.50. The van der Waals surface area contributed by atoms with Crippen molar-refractivity contribution < 1.29 is 5.11 Å². The number of benzene rings is 1. The van der Waals surface area contributed by atoms with Gasteiger partial charge in [0, 0.05) is 18.8 Å². The quantitative estimate of drug-likeness (QED) is 0.708. The minimum atomic E-state index is 0.280. The van der Waals surface area contributed by atoms with Crippen LogP contribution in [0.25, 0.3) is 0 Å². The number of anilines is 2. The Bertz CT molecular complexity index is 453. The second-order valence-electron chi connectivity index (χ2n) is 4.93. The minimum Gasteiger partial charge on any atom is -0.398 e. The van der Waals surface area contributed by atoms with Crippen molar-refractivity contribution in [2.75, 3.05) is 24.2 Å². The number of nitrogen functional groups attached to an aromatic ring is 1. The summed E-state index contributed by atoms with van der Waals surface area (Å²) in [5.74, 6) is 0.958. The molecule has 0 bridgehead atoms. The molecule has 1 aliphatic carbocycles. The van der Waals surface area contributed by atoms with Gasteiger partial charge in [-0.05, 0) is 42.9 Å². The van der Waals surface area contributed by atoms with Crippen molar-refractivity contribution in [2.24, 2.45) is 11.8 Å². The average Bonchev–Trinajstić information content (AvgIpc) is 2.84. The Morgan fingerprint density at radius 3 is 2.83 bits per heavy atom. The van der Waals surface area contributed by atoms with E-state index < -0.39 is 0 Å². The average molecular weight is 245 g/mol. The second kappa shape index (κ2) is 5.74. The zero-order chi connectivity index (χ0) is 13.0. The van der Waals surface area contributed by atoms with Gasteiger partial charge in [0.05, 0.1) is 11.3 Å². The molecule has 4 N–H and O–H groups in total. The summed E-state index contributed by atoms with van der Waals surface area (Å²) in [5.41, 5.74) is 7.72. The predicted molar refractivity (Wildman–Crippen MR) is 72.0 cm³/mol. The molecule has 1 aromatic rings. The second-order valence-corrected chi connectivity index (χ2v) is 4.93. The molecular formula is C14H19N3O. The van der Waals surface area contributed by atoms with Crippen molar-refractivity contribution in [1.29, 1.82) is 5.26 Å². The molecule has 0 spiro atoms. The molecule has 0 aliphatic heterocycles. The van der Waals surface area contributed by atoms with E-state index in [1.165, 1.54) is 12.8 Å². The van der Waals surface area contributed by atoms with E-state index in [9.17, 15) is 5.11 Å². The van der Waals surface area contributed by atoms with E-state index in [0.29, 0.717) is 23.1 Å². The fraction of sp³-hybridized carbons (Fsp3) is 0.500. The van der Waals surface area contributed by atoms with Crippen LogP contribution in [-0.2, 0) is 0 Å². The molecule has 18 heavy (non-hydrogen) atoms. The number of nitrogens with zero attached hydrogens (tertiary/aromatic N) is 1. The van der Waals surface area contributed by atoms with E-state index in [-0.39, 0.29) is 6.61 Å². The van der Waals surface area contributed by atoms with Gasteiger partial charge in [-0.25, -0.2) is 0 Å². The molecule has 96 valence electrons. The highest BCUT2D eigenvalue weighted by Crippen LogP contribution is 2.31. The van der Waals surface area contributed by atoms with E-state index in [0.717, 1.165) is 18.7 Å². The fourth-order valence-corrected chi connectivity index (χ4v) is 2.65. The summed E-state index contributed by atoms with van der Waals surface area (Å²) in [6.45, 7) is 1.14. The van der Waals surface area contributed by atoms with Crippen molar-refractivity contribution in [3.8, 4) is 6.07 Å². The first kappa shape index (κ1) is 12.7. The Morgan fingerprint density at radius 1 is 1.39 bits per heavy atom. The number of nitriles is 1. The van der Waals surface area contributed by atoms with Crippen LogP contribution in [-0.4, -0.2) is 18.3 Å². The zero-order valence-corrected chi connectivity index (χ0v) is 10.4. The number of hydrogen-bond donors (Lipinski definition) is 3. The molecule has 0 heterocycles. The number of rotatable bonds is 4. The lowest BCUT2D eigenvalue weighted by atomic mass is 9.97. The van der Waals surface area contributed by atoms with Gasteiger partial charge in [0.2, 0.25) is 0 Å². The highest BCUT2D eigenvalue weighted by molar-refractivity contribution is 5.62. The lowest BCUT2D eigenvalue weighted by molar-refractivity contribution is 0.199. The standard InChI is InChI=1S/C14H19N3O/c15-7-10-4-5-13(6-14(10)16)17-8-11-2-1-3-12(11)9-18/h4-6,11-12,17-18H,1-3,8-9,16H2. The van der Waals surface area contributed by atoms with Crippen molar-refractivity contribution in [2.45, 2.75) is 19.3 Å². The number of nitrogens with two attached hydrogens (primary N) is 1. The maximum Gasteiger partial charge on any atom is 0.101 e. The first-order valence-electron chi connectivity index (χ1n) is 6.39. The van der Waals surface area contributed by atoms with Gasteiger partial charge in [-0.2, -0.15) is 5.26 Å². The van der Waals surface area contributed by atoms with E-state index in [1.807, 2.05) is 6.07 Å². The van der Waals surface area contributed by atoms with Crippen LogP contribution in [0.2, 0.25) is 0 Å². The van der Waals surface area contributed by atoms with Crippen LogP contribution in [0.15, 0.2) is 18.2 Å². The number of nitrogens with one attached hydrogen (secondary N) is 1. The van der Waals surface area contributed by atoms with Gasteiger partial charge in [0.15, 0.2) is 0 Å². The minimum absolute atomic E-state index is 0.280. The van der Waals surface area contributed by atoms with E-state index >= 15 is 0 Å². The molecule has 0 radical (unpaired) electrons. The summed E-state index contributed by atoms with van der Waals surface area (Å²) >= 11 is 0. The molecule has 2 unspecified atom stereocenters. The third-order valence-corrected chi connectivity index (χ3v) is 3.79. The Hall–Kier alpha value is -1.73. The van der Waals surface area contributed by atoms with Crippen molar-refractivity contribution in [1.82, 2.24) is 0 Å². The van der Waals surface area contributed by atoms with Crippen LogP contribution in [0.4, 0.5) is 11.4 Å². The summed E-state index contributed by atoms with van der Waals surface area (Å²) < 4.78 is 0.